The van der Waals surface area contributed by atoms with Gasteiger partial charge in [-0.05, 0) is 74.0 Å². The van der Waals surface area contributed by atoms with E-state index in [2.05, 4.69) is 6.92 Å². The van der Waals surface area contributed by atoms with Crippen molar-refractivity contribution in [2.45, 2.75) is 90.4 Å². The van der Waals surface area contributed by atoms with Crippen molar-refractivity contribution >= 4 is 5.97 Å². The first-order chi connectivity index (χ1) is 11.2. The molecule has 0 heterocycles. The minimum absolute atomic E-state index is 0.354. The van der Waals surface area contributed by atoms with Gasteiger partial charge in [0.2, 0.25) is 0 Å². The maximum Gasteiger partial charge on any atom is 0.303 e. The van der Waals surface area contributed by atoms with Gasteiger partial charge in [0.05, 0.1) is 0 Å². The van der Waals surface area contributed by atoms with Crippen molar-refractivity contribution in [3.05, 3.63) is 0 Å². The lowest BCUT2D eigenvalue weighted by Gasteiger charge is -2.02. The summed E-state index contributed by atoms with van der Waals surface area (Å²) in [6.45, 7) is 2.36. The smallest absolute Gasteiger partial charge is 0.303 e. The Morgan fingerprint density at radius 2 is 1.30 bits per heavy atom. The Bertz CT molecular complexity index is 391. The molecule has 3 unspecified atom stereocenters. The molecule has 3 rings (SSSR count). The Morgan fingerprint density at radius 3 is 1.96 bits per heavy atom. The van der Waals surface area contributed by atoms with Crippen LogP contribution in [0.1, 0.15) is 90.4 Å². The minimum atomic E-state index is -0.642. The largest absolute Gasteiger partial charge is 0.481 e. The van der Waals surface area contributed by atoms with E-state index in [1.54, 1.807) is 19.3 Å². The Balaban J connectivity index is 1.13. The van der Waals surface area contributed by atoms with Crippen molar-refractivity contribution in [3.63, 3.8) is 0 Å². The standard InChI is InChI=1S/C21H36O2/c1-2-15-10-17(15)12-19-14-20(19)13-18-11-16(18)8-6-4-3-5-7-9-21(22)23/h15-20H,2-14H2,1H3,(H,22,23)/t15-,16?,17-,18?,19?,20+/m1/s1. The van der Waals surface area contributed by atoms with Crippen molar-refractivity contribution in [2.24, 2.45) is 35.5 Å². The molecule has 0 spiro atoms. The molecular weight excluding hydrogens is 284 g/mol. The molecule has 3 aliphatic rings. The normalized spacial score (nSPS) is 37.6. The number of rotatable bonds is 13. The molecule has 0 aromatic rings. The molecule has 3 saturated carbocycles. The van der Waals surface area contributed by atoms with E-state index in [1.807, 2.05) is 0 Å². The van der Waals surface area contributed by atoms with E-state index >= 15 is 0 Å². The molecule has 3 aliphatic carbocycles. The monoisotopic (exact) mass is 320 g/mol. The average molecular weight is 321 g/mol. The van der Waals surface area contributed by atoms with Crippen LogP contribution in [0.2, 0.25) is 0 Å². The van der Waals surface area contributed by atoms with Crippen LogP contribution in [0.4, 0.5) is 0 Å². The van der Waals surface area contributed by atoms with Crippen LogP contribution in [0.15, 0.2) is 0 Å². The molecule has 0 aromatic heterocycles. The minimum Gasteiger partial charge on any atom is -0.481 e. The molecule has 2 nitrogen and oxygen atoms in total. The average Bonchev–Trinajstić information content (AvgIpc) is 3.40. The second-order valence-corrected chi connectivity index (χ2v) is 8.85. The molecule has 2 heteroatoms. The van der Waals surface area contributed by atoms with Gasteiger partial charge >= 0.3 is 5.97 Å². The van der Waals surface area contributed by atoms with Crippen LogP contribution in [-0.4, -0.2) is 11.1 Å². The Kier molecular flexibility index (Phi) is 6.04. The predicted octanol–water partition coefficient (Wildman–Crippen LogP) is 5.90. The van der Waals surface area contributed by atoms with E-state index in [1.165, 1.54) is 44.9 Å². The Labute approximate surface area is 142 Å². The summed E-state index contributed by atoms with van der Waals surface area (Å²) in [5.41, 5.74) is 0. The third kappa shape index (κ3) is 5.80. The number of carboxylic acid groups (broad SMARTS) is 1. The molecule has 0 aromatic carbocycles. The van der Waals surface area contributed by atoms with E-state index in [0.717, 1.165) is 48.3 Å². The molecule has 6 atom stereocenters. The van der Waals surface area contributed by atoms with Gasteiger partial charge in [-0.25, -0.2) is 0 Å². The van der Waals surface area contributed by atoms with Gasteiger partial charge in [-0.1, -0.05) is 45.4 Å². The second-order valence-electron chi connectivity index (χ2n) is 8.85. The summed E-state index contributed by atoms with van der Waals surface area (Å²) in [5.74, 6) is 5.94. The van der Waals surface area contributed by atoms with Gasteiger partial charge in [-0.3, -0.25) is 4.79 Å². The maximum absolute atomic E-state index is 10.4. The SMILES string of the molecule is CC[C@@H]1C[C@@H]1CC1C[C@@H]1CC1CC1CCCCCCCC(=O)O. The van der Waals surface area contributed by atoms with Crippen LogP contribution in [-0.2, 0) is 4.79 Å². The van der Waals surface area contributed by atoms with E-state index in [9.17, 15) is 4.79 Å². The van der Waals surface area contributed by atoms with Gasteiger partial charge in [0, 0.05) is 6.42 Å². The van der Waals surface area contributed by atoms with Crippen LogP contribution >= 0.6 is 0 Å². The number of hydrogen-bond acceptors (Lipinski definition) is 1. The summed E-state index contributed by atoms with van der Waals surface area (Å²) in [7, 11) is 0. The van der Waals surface area contributed by atoms with E-state index in [4.69, 9.17) is 5.11 Å². The van der Waals surface area contributed by atoms with E-state index in [0.29, 0.717) is 6.42 Å². The van der Waals surface area contributed by atoms with Crippen molar-refractivity contribution in [3.8, 4) is 0 Å². The topological polar surface area (TPSA) is 37.3 Å². The van der Waals surface area contributed by atoms with Crippen LogP contribution in [0, 0.1) is 35.5 Å². The Morgan fingerprint density at radius 1 is 0.783 bits per heavy atom. The van der Waals surface area contributed by atoms with Crippen LogP contribution in [0.3, 0.4) is 0 Å². The lowest BCUT2D eigenvalue weighted by Crippen LogP contribution is -1.93. The second kappa shape index (κ2) is 8.03. The third-order valence-electron chi connectivity index (χ3n) is 6.91. The van der Waals surface area contributed by atoms with Crippen molar-refractivity contribution in [2.75, 3.05) is 0 Å². The fourth-order valence-electron chi connectivity index (χ4n) is 4.93. The lowest BCUT2D eigenvalue weighted by atomic mass is 10.0. The highest BCUT2D eigenvalue weighted by Crippen LogP contribution is 2.58. The number of aliphatic carboxylic acids is 1. The zero-order valence-corrected chi connectivity index (χ0v) is 15.0. The molecule has 0 radical (unpaired) electrons. The van der Waals surface area contributed by atoms with Gasteiger partial charge in [-0.2, -0.15) is 0 Å². The zero-order valence-electron chi connectivity index (χ0n) is 15.0. The molecule has 0 saturated heterocycles. The fourth-order valence-corrected chi connectivity index (χ4v) is 4.93. The van der Waals surface area contributed by atoms with Crippen molar-refractivity contribution in [1.29, 1.82) is 0 Å². The van der Waals surface area contributed by atoms with Gasteiger partial charge in [0.15, 0.2) is 0 Å². The molecule has 132 valence electrons. The van der Waals surface area contributed by atoms with Crippen molar-refractivity contribution < 1.29 is 9.90 Å². The molecule has 0 aliphatic heterocycles. The van der Waals surface area contributed by atoms with E-state index in [-0.39, 0.29) is 0 Å². The quantitative estimate of drug-likeness (QED) is 0.429. The predicted molar refractivity (Wildman–Crippen MR) is 94.3 cm³/mol. The lowest BCUT2D eigenvalue weighted by molar-refractivity contribution is -0.137. The maximum atomic E-state index is 10.4. The fraction of sp³-hybridized carbons (Fsp3) is 0.952. The van der Waals surface area contributed by atoms with Crippen LogP contribution in [0.5, 0.6) is 0 Å². The van der Waals surface area contributed by atoms with Gasteiger partial charge in [0.25, 0.3) is 0 Å². The number of carbonyl (C=O) groups is 1. The Hall–Kier alpha value is -0.530. The molecule has 3 fully saturated rings. The van der Waals surface area contributed by atoms with E-state index < -0.39 is 5.97 Å². The number of carboxylic acids is 1. The summed E-state index contributed by atoms with van der Waals surface area (Å²) >= 11 is 0. The summed E-state index contributed by atoms with van der Waals surface area (Å²) in [6.07, 6.45) is 16.8. The van der Waals surface area contributed by atoms with Gasteiger partial charge in [0.1, 0.15) is 0 Å². The third-order valence-corrected chi connectivity index (χ3v) is 6.91. The summed E-state index contributed by atoms with van der Waals surface area (Å²) in [5, 5.41) is 8.60. The summed E-state index contributed by atoms with van der Waals surface area (Å²) < 4.78 is 0. The molecule has 1 N–H and O–H groups in total. The highest BCUT2D eigenvalue weighted by molar-refractivity contribution is 5.66. The highest BCUT2D eigenvalue weighted by Gasteiger charge is 2.48. The van der Waals surface area contributed by atoms with Crippen LogP contribution < -0.4 is 0 Å². The van der Waals surface area contributed by atoms with Crippen LogP contribution in [0.25, 0.3) is 0 Å². The molecule has 0 amide bonds. The first kappa shape index (κ1) is 17.3. The summed E-state index contributed by atoms with van der Waals surface area (Å²) in [4.78, 5) is 10.4. The number of unbranched alkanes of at least 4 members (excludes halogenated alkanes) is 4. The highest BCUT2D eigenvalue weighted by atomic mass is 16.4. The first-order valence-corrected chi connectivity index (χ1v) is 10.4. The van der Waals surface area contributed by atoms with Gasteiger partial charge < -0.3 is 5.11 Å². The van der Waals surface area contributed by atoms with Crippen molar-refractivity contribution in [1.82, 2.24) is 0 Å². The zero-order chi connectivity index (χ0) is 16.2. The number of hydrogen-bond donors (Lipinski definition) is 1. The summed E-state index contributed by atoms with van der Waals surface area (Å²) in [6, 6.07) is 0. The molecule has 0 bridgehead atoms. The first-order valence-electron chi connectivity index (χ1n) is 10.4. The van der Waals surface area contributed by atoms with Gasteiger partial charge in [-0.15, -0.1) is 0 Å². The molecular formula is C21H36O2. The molecule has 23 heavy (non-hydrogen) atoms.